The number of carbonyl (C=O) groups is 1. The van der Waals surface area contributed by atoms with Crippen molar-refractivity contribution in [3.8, 4) is 0 Å². The first-order valence-corrected chi connectivity index (χ1v) is 7.86. The summed E-state index contributed by atoms with van der Waals surface area (Å²) in [4.78, 5) is 14.2. The lowest BCUT2D eigenvalue weighted by atomic mass is 9.97. The van der Waals surface area contributed by atoms with E-state index in [1.807, 2.05) is 0 Å². The van der Waals surface area contributed by atoms with Crippen LogP contribution >= 0.6 is 24.8 Å². The molecular formula is C15H31Cl2N3O. The summed E-state index contributed by atoms with van der Waals surface area (Å²) in [7, 11) is 0. The molecule has 1 amide bonds. The normalized spacial score (nSPS) is 22.3. The maximum atomic E-state index is 11.7. The number of halogens is 2. The van der Waals surface area contributed by atoms with Crippen molar-refractivity contribution in [2.45, 2.75) is 45.6 Å². The van der Waals surface area contributed by atoms with Crippen LogP contribution in [0.25, 0.3) is 0 Å². The number of rotatable bonds is 7. The Hall–Kier alpha value is -0.0300. The zero-order valence-electron chi connectivity index (χ0n) is 13.3. The lowest BCUT2D eigenvalue weighted by Crippen LogP contribution is -2.45. The molecular weight excluding hydrogens is 309 g/mol. The number of carbonyl (C=O) groups excluding carboxylic acids is 1. The Kier molecular flexibility index (Phi) is 10.6. The summed E-state index contributed by atoms with van der Waals surface area (Å²) in [6, 6.07) is 0.624. The fourth-order valence-corrected chi connectivity index (χ4v) is 2.77. The van der Waals surface area contributed by atoms with Crippen LogP contribution in [-0.4, -0.2) is 49.6 Å². The molecule has 2 N–H and O–H groups in total. The Bertz CT molecular complexity index is 299. The minimum atomic E-state index is 0. The van der Waals surface area contributed by atoms with Crippen molar-refractivity contribution >= 4 is 30.7 Å². The van der Waals surface area contributed by atoms with Crippen molar-refractivity contribution in [1.29, 1.82) is 0 Å². The van der Waals surface area contributed by atoms with Gasteiger partial charge in [-0.1, -0.05) is 0 Å². The molecule has 1 saturated carbocycles. The third-order valence-corrected chi connectivity index (χ3v) is 4.28. The Morgan fingerprint density at radius 2 is 1.86 bits per heavy atom. The lowest BCUT2D eigenvalue weighted by Gasteiger charge is -2.35. The van der Waals surface area contributed by atoms with Crippen LogP contribution in [0.3, 0.4) is 0 Å². The van der Waals surface area contributed by atoms with E-state index in [2.05, 4.69) is 29.4 Å². The highest BCUT2D eigenvalue weighted by Gasteiger charge is 2.22. The van der Waals surface area contributed by atoms with Gasteiger partial charge in [-0.2, -0.15) is 0 Å². The molecule has 4 nitrogen and oxygen atoms in total. The monoisotopic (exact) mass is 339 g/mol. The molecule has 2 aliphatic rings. The molecule has 1 aliphatic heterocycles. The van der Waals surface area contributed by atoms with Crippen LogP contribution in [0.15, 0.2) is 0 Å². The van der Waals surface area contributed by atoms with Gasteiger partial charge in [-0.3, -0.25) is 4.79 Å². The predicted octanol–water partition coefficient (Wildman–Crippen LogP) is 2.07. The first kappa shape index (κ1) is 21.0. The summed E-state index contributed by atoms with van der Waals surface area (Å²) in [6.45, 7) is 9.19. The van der Waals surface area contributed by atoms with E-state index in [0.717, 1.165) is 25.6 Å². The summed E-state index contributed by atoms with van der Waals surface area (Å²) in [5, 5.41) is 6.32. The zero-order chi connectivity index (χ0) is 13.7. The van der Waals surface area contributed by atoms with Crippen molar-refractivity contribution in [2.75, 3.05) is 32.7 Å². The molecule has 0 bridgehead atoms. The van der Waals surface area contributed by atoms with Crippen molar-refractivity contribution in [2.24, 2.45) is 11.8 Å². The summed E-state index contributed by atoms with van der Waals surface area (Å²) in [5.74, 6) is 1.62. The van der Waals surface area contributed by atoms with Crippen molar-refractivity contribution in [3.05, 3.63) is 0 Å². The van der Waals surface area contributed by atoms with Crippen LogP contribution in [0.1, 0.15) is 39.5 Å². The fourth-order valence-electron chi connectivity index (χ4n) is 2.77. The minimum absolute atomic E-state index is 0. The van der Waals surface area contributed by atoms with Gasteiger partial charge in [0.1, 0.15) is 0 Å². The molecule has 0 spiro atoms. The zero-order valence-corrected chi connectivity index (χ0v) is 14.9. The molecule has 0 aromatic carbocycles. The van der Waals surface area contributed by atoms with Gasteiger partial charge in [0.15, 0.2) is 0 Å². The summed E-state index contributed by atoms with van der Waals surface area (Å²) < 4.78 is 0. The van der Waals surface area contributed by atoms with Gasteiger partial charge in [0.25, 0.3) is 0 Å². The number of nitrogens with zero attached hydrogens (tertiary/aromatic N) is 1. The Morgan fingerprint density at radius 1 is 1.14 bits per heavy atom. The van der Waals surface area contributed by atoms with E-state index in [1.54, 1.807) is 0 Å². The van der Waals surface area contributed by atoms with Crippen LogP contribution in [-0.2, 0) is 4.79 Å². The highest BCUT2D eigenvalue weighted by molar-refractivity contribution is 5.85. The second-order valence-electron chi connectivity index (χ2n) is 6.48. The summed E-state index contributed by atoms with van der Waals surface area (Å²) in [6.07, 6.45) is 5.18. The molecule has 1 aliphatic carbocycles. The molecule has 126 valence electrons. The number of nitrogens with one attached hydrogen (secondary N) is 2. The highest BCUT2D eigenvalue weighted by Crippen LogP contribution is 2.27. The van der Waals surface area contributed by atoms with Crippen LogP contribution in [0.4, 0.5) is 0 Å². The van der Waals surface area contributed by atoms with Crippen molar-refractivity contribution in [3.63, 3.8) is 0 Å². The molecule has 1 saturated heterocycles. The molecule has 6 heteroatoms. The number of likely N-dealkylation sites (tertiary alicyclic amines) is 1. The molecule has 0 radical (unpaired) electrons. The number of hydrogen-bond acceptors (Lipinski definition) is 3. The maximum Gasteiger partial charge on any atom is 0.233 e. The lowest BCUT2D eigenvalue weighted by molar-refractivity contribution is -0.120. The molecule has 2 rings (SSSR count). The average Bonchev–Trinajstić information content (AvgIpc) is 3.21. The summed E-state index contributed by atoms with van der Waals surface area (Å²) in [5.41, 5.74) is 0. The van der Waals surface area contributed by atoms with Crippen LogP contribution < -0.4 is 10.6 Å². The topological polar surface area (TPSA) is 44.4 Å². The van der Waals surface area contributed by atoms with Gasteiger partial charge in [0, 0.05) is 19.1 Å². The van der Waals surface area contributed by atoms with Gasteiger partial charge in [-0.15, -0.1) is 24.8 Å². The van der Waals surface area contributed by atoms with Crippen LogP contribution in [0.5, 0.6) is 0 Å². The molecule has 21 heavy (non-hydrogen) atoms. The van der Waals surface area contributed by atoms with Gasteiger partial charge in [0.2, 0.25) is 5.91 Å². The average molecular weight is 340 g/mol. The molecule has 1 unspecified atom stereocenters. The van der Waals surface area contributed by atoms with E-state index in [4.69, 9.17) is 0 Å². The quantitative estimate of drug-likeness (QED) is 0.746. The number of piperidine rings is 1. The van der Waals surface area contributed by atoms with Crippen LogP contribution in [0.2, 0.25) is 0 Å². The molecule has 1 atom stereocenters. The first-order valence-electron chi connectivity index (χ1n) is 7.86. The third-order valence-electron chi connectivity index (χ3n) is 4.28. The van der Waals surface area contributed by atoms with Gasteiger partial charge < -0.3 is 15.5 Å². The van der Waals surface area contributed by atoms with E-state index in [1.165, 1.54) is 32.2 Å². The molecule has 0 aromatic rings. The summed E-state index contributed by atoms with van der Waals surface area (Å²) >= 11 is 0. The van der Waals surface area contributed by atoms with Crippen molar-refractivity contribution < 1.29 is 4.79 Å². The second kappa shape index (κ2) is 10.7. The molecule has 0 aromatic heterocycles. The highest BCUT2D eigenvalue weighted by atomic mass is 35.5. The Labute approximate surface area is 141 Å². The van der Waals surface area contributed by atoms with Gasteiger partial charge in [-0.05, 0) is 64.5 Å². The van der Waals surface area contributed by atoms with E-state index < -0.39 is 0 Å². The van der Waals surface area contributed by atoms with Gasteiger partial charge in [0.05, 0.1) is 6.54 Å². The Balaban J connectivity index is 0.00000200. The van der Waals surface area contributed by atoms with Gasteiger partial charge in [-0.25, -0.2) is 0 Å². The van der Waals surface area contributed by atoms with E-state index in [9.17, 15) is 4.79 Å². The maximum absolute atomic E-state index is 11.7. The SMILES string of the molecule is CC(C)N1CCCC(CNC(=O)CNCC2CC2)C1.Cl.Cl. The molecule has 2 fully saturated rings. The largest absolute Gasteiger partial charge is 0.355 e. The smallest absolute Gasteiger partial charge is 0.233 e. The van der Waals surface area contributed by atoms with E-state index >= 15 is 0 Å². The molecule has 1 heterocycles. The second-order valence-corrected chi connectivity index (χ2v) is 6.48. The van der Waals surface area contributed by atoms with Crippen LogP contribution in [0, 0.1) is 11.8 Å². The van der Waals surface area contributed by atoms with Crippen molar-refractivity contribution in [1.82, 2.24) is 15.5 Å². The number of hydrogen-bond donors (Lipinski definition) is 2. The Morgan fingerprint density at radius 3 is 2.48 bits per heavy atom. The standard InChI is InChI=1S/C15H29N3O.2ClH/c1-12(2)18-7-3-4-14(11-18)9-17-15(19)10-16-8-13-5-6-13;;/h12-14,16H,3-11H2,1-2H3,(H,17,19);2*1H. The van der Waals surface area contributed by atoms with E-state index in [-0.39, 0.29) is 30.7 Å². The predicted molar refractivity (Wildman–Crippen MR) is 92.5 cm³/mol. The van der Waals surface area contributed by atoms with E-state index in [0.29, 0.717) is 18.5 Å². The third kappa shape index (κ3) is 8.24. The number of amides is 1. The van der Waals surface area contributed by atoms with Gasteiger partial charge >= 0.3 is 0 Å². The minimum Gasteiger partial charge on any atom is -0.355 e. The first-order chi connectivity index (χ1) is 9.15. The fraction of sp³-hybridized carbons (Fsp3) is 0.933.